The van der Waals surface area contributed by atoms with E-state index in [1.807, 2.05) is 6.07 Å². The summed E-state index contributed by atoms with van der Waals surface area (Å²) in [5, 5.41) is 12.5. The number of nitrogens with one attached hydrogen (secondary N) is 1. The van der Waals surface area contributed by atoms with Crippen LogP contribution in [0.3, 0.4) is 0 Å². The van der Waals surface area contributed by atoms with Gasteiger partial charge in [0.2, 0.25) is 5.91 Å². The fourth-order valence-electron chi connectivity index (χ4n) is 4.78. The van der Waals surface area contributed by atoms with Crippen molar-refractivity contribution in [3.8, 4) is 6.07 Å². The lowest BCUT2D eigenvalue weighted by molar-refractivity contribution is -0.145. The van der Waals surface area contributed by atoms with Crippen molar-refractivity contribution in [3.05, 3.63) is 23.9 Å². The molecule has 3 aliphatic rings. The molecule has 0 spiro atoms. The molecule has 1 amide bonds. The van der Waals surface area contributed by atoms with E-state index in [-0.39, 0.29) is 5.41 Å². The van der Waals surface area contributed by atoms with Crippen molar-refractivity contribution in [2.75, 3.05) is 44.2 Å². The van der Waals surface area contributed by atoms with Crippen molar-refractivity contribution in [2.24, 2.45) is 11.3 Å². The van der Waals surface area contributed by atoms with E-state index in [0.29, 0.717) is 17.4 Å². The van der Waals surface area contributed by atoms with Crippen molar-refractivity contribution in [1.82, 2.24) is 15.2 Å². The molecule has 1 aliphatic carbocycles. The molecule has 0 aromatic carbocycles. The lowest BCUT2D eigenvalue weighted by Gasteiger charge is -2.43. The van der Waals surface area contributed by atoms with Crippen molar-refractivity contribution in [1.29, 1.82) is 5.26 Å². The Kier molecular flexibility index (Phi) is 4.34. The average Bonchev–Trinajstić information content (AvgIpc) is 3.13. The Morgan fingerprint density at radius 2 is 2.16 bits per heavy atom. The topological polar surface area (TPSA) is 72.3 Å². The van der Waals surface area contributed by atoms with Crippen LogP contribution < -0.4 is 10.2 Å². The SMILES string of the molecule is N#Cc1ccnc(N2CCN(C(=O)[C@@]34CCCC[C@H]3CNC4)CC2)c1. The summed E-state index contributed by atoms with van der Waals surface area (Å²) >= 11 is 0. The normalized spacial score (nSPS) is 29.2. The zero-order chi connectivity index (χ0) is 17.3. The van der Waals surface area contributed by atoms with Gasteiger partial charge in [0, 0.05) is 38.9 Å². The lowest BCUT2D eigenvalue weighted by Crippen LogP contribution is -2.56. The van der Waals surface area contributed by atoms with Gasteiger partial charge in [-0.05, 0) is 37.4 Å². The van der Waals surface area contributed by atoms with E-state index in [1.54, 1.807) is 12.3 Å². The first kappa shape index (κ1) is 16.3. The summed E-state index contributed by atoms with van der Waals surface area (Å²) in [6.07, 6.45) is 6.34. The van der Waals surface area contributed by atoms with E-state index in [4.69, 9.17) is 5.26 Å². The monoisotopic (exact) mass is 339 g/mol. The number of nitriles is 1. The van der Waals surface area contributed by atoms with Crippen molar-refractivity contribution in [3.63, 3.8) is 0 Å². The molecule has 0 bridgehead atoms. The molecular formula is C19H25N5O. The number of hydrogen-bond donors (Lipinski definition) is 1. The second kappa shape index (κ2) is 6.64. The summed E-state index contributed by atoms with van der Waals surface area (Å²) in [4.78, 5) is 21.9. The van der Waals surface area contributed by atoms with Gasteiger partial charge in [-0.15, -0.1) is 0 Å². The molecule has 1 aromatic heterocycles. The van der Waals surface area contributed by atoms with Crippen molar-refractivity contribution < 1.29 is 4.79 Å². The molecule has 3 heterocycles. The maximum absolute atomic E-state index is 13.3. The second-order valence-electron chi connectivity index (χ2n) is 7.52. The Hall–Kier alpha value is -2.13. The summed E-state index contributed by atoms with van der Waals surface area (Å²) in [7, 11) is 0. The summed E-state index contributed by atoms with van der Waals surface area (Å²) in [5.41, 5.74) is 0.476. The molecule has 1 saturated carbocycles. The van der Waals surface area contributed by atoms with Gasteiger partial charge in [-0.3, -0.25) is 4.79 Å². The number of amides is 1. The maximum Gasteiger partial charge on any atom is 0.230 e. The first-order valence-corrected chi connectivity index (χ1v) is 9.34. The Morgan fingerprint density at radius 1 is 1.32 bits per heavy atom. The van der Waals surface area contributed by atoms with Crippen LogP contribution in [0.5, 0.6) is 0 Å². The van der Waals surface area contributed by atoms with Crippen LogP contribution in [0.1, 0.15) is 31.2 Å². The fourth-order valence-corrected chi connectivity index (χ4v) is 4.78. The van der Waals surface area contributed by atoms with Crippen LogP contribution >= 0.6 is 0 Å². The molecule has 6 heteroatoms. The molecule has 132 valence electrons. The fraction of sp³-hybridized carbons (Fsp3) is 0.632. The van der Waals surface area contributed by atoms with Crippen LogP contribution in [-0.4, -0.2) is 55.1 Å². The Morgan fingerprint density at radius 3 is 2.96 bits per heavy atom. The maximum atomic E-state index is 13.3. The van der Waals surface area contributed by atoms with Gasteiger partial charge < -0.3 is 15.1 Å². The zero-order valence-corrected chi connectivity index (χ0v) is 14.6. The third-order valence-electron chi connectivity index (χ3n) is 6.23. The summed E-state index contributed by atoms with van der Waals surface area (Å²) in [5.74, 6) is 1.71. The molecule has 6 nitrogen and oxygen atoms in total. The van der Waals surface area contributed by atoms with E-state index < -0.39 is 0 Å². The van der Waals surface area contributed by atoms with E-state index in [1.165, 1.54) is 19.3 Å². The molecule has 3 fully saturated rings. The van der Waals surface area contributed by atoms with Gasteiger partial charge in [-0.2, -0.15) is 5.26 Å². The van der Waals surface area contributed by atoms with Gasteiger partial charge in [-0.25, -0.2) is 4.98 Å². The molecular weight excluding hydrogens is 314 g/mol. The van der Waals surface area contributed by atoms with Gasteiger partial charge in [0.15, 0.2) is 0 Å². The highest BCUT2D eigenvalue weighted by molar-refractivity contribution is 5.84. The average molecular weight is 339 g/mol. The number of carbonyl (C=O) groups excluding carboxylic acids is 1. The molecule has 2 aliphatic heterocycles. The minimum absolute atomic E-state index is 0.153. The second-order valence-corrected chi connectivity index (χ2v) is 7.52. The summed E-state index contributed by atoms with van der Waals surface area (Å²) < 4.78 is 0. The first-order valence-electron chi connectivity index (χ1n) is 9.34. The smallest absolute Gasteiger partial charge is 0.230 e. The molecule has 2 atom stereocenters. The number of rotatable bonds is 2. The summed E-state index contributed by atoms with van der Waals surface area (Å²) in [6.45, 7) is 4.89. The van der Waals surface area contributed by atoms with Crippen LogP contribution in [0.25, 0.3) is 0 Å². The molecule has 4 rings (SSSR count). The highest BCUT2D eigenvalue weighted by Gasteiger charge is 2.51. The molecule has 0 unspecified atom stereocenters. The third kappa shape index (κ3) is 2.87. The van der Waals surface area contributed by atoms with Gasteiger partial charge in [0.25, 0.3) is 0 Å². The molecule has 25 heavy (non-hydrogen) atoms. The van der Waals surface area contributed by atoms with E-state index in [2.05, 4.69) is 26.2 Å². The van der Waals surface area contributed by atoms with Gasteiger partial charge in [0.05, 0.1) is 17.0 Å². The van der Waals surface area contributed by atoms with Gasteiger partial charge in [-0.1, -0.05) is 12.8 Å². The van der Waals surface area contributed by atoms with Crippen LogP contribution in [0, 0.1) is 22.7 Å². The standard InChI is InChI=1S/C19H25N5O/c20-12-15-4-6-22-17(11-15)23-7-9-24(10-8-23)18(25)19-5-2-1-3-16(19)13-21-14-19/h4,6,11,16,21H,1-3,5,7-10,13-14H2/t16-,19+/m0/s1. The predicted octanol–water partition coefficient (Wildman–Crippen LogP) is 1.38. The number of carbonyl (C=O) groups is 1. The van der Waals surface area contributed by atoms with E-state index in [0.717, 1.165) is 51.5 Å². The van der Waals surface area contributed by atoms with Gasteiger partial charge in [0.1, 0.15) is 5.82 Å². The van der Waals surface area contributed by atoms with Crippen molar-refractivity contribution >= 4 is 11.7 Å². The molecule has 0 radical (unpaired) electrons. The largest absolute Gasteiger partial charge is 0.353 e. The first-order chi connectivity index (χ1) is 12.2. The highest BCUT2D eigenvalue weighted by Crippen LogP contribution is 2.45. The molecule has 1 N–H and O–H groups in total. The third-order valence-corrected chi connectivity index (χ3v) is 6.23. The number of anilines is 1. The Bertz CT molecular complexity index is 691. The number of nitrogens with zero attached hydrogens (tertiary/aromatic N) is 4. The number of hydrogen-bond acceptors (Lipinski definition) is 5. The number of pyridine rings is 1. The minimum Gasteiger partial charge on any atom is -0.353 e. The quantitative estimate of drug-likeness (QED) is 0.881. The zero-order valence-electron chi connectivity index (χ0n) is 14.6. The minimum atomic E-state index is -0.153. The number of fused-ring (bicyclic) bond motifs is 1. The number of piperazine rings is 1. The lowest BCUT2D eigenvalue weighted by atomic mass is 9.67. The molecule has 1 aromatic rings. The Labute approximate surface area is 148 Å². The van der Waals surface area contributed by atoms with Crippen LogP contribution in [0.4, 0.5) is 5.82 Å². The van der Waals surface area contributed by atoms with E-state index >= 15 is 0 Å². The number of aromatic nitrogens is 1. The van der Waals surface area contributed by atoms with Crippen LogP contribution in [0.2, 0.25) is 0 Å². The van der Waals surface area contributed by atoms with E-state index in [9.17, 15) is 4.79 Å². The summed E-state index contributed by atoms with van der Waals surface area (Å²) in [6, 6.07) is 5.71. The Balaban J connectivity index is 1.43. The van der Waals surface area contributed by atoms with Crippen LogP contribution in [-0.2, 0) is 4.79 Å². The predicted molar refractivity (Wildman–Crippen MR) is 95.0 cm³/mol. The van der Waals surface area contributed by atoms with Gasteiger partial charge >= 0.3 is 0 Å². The van der Waals surface area contributed by atoms with Crippen molar-refractivity contribution in [2.45, 2.75) is 25.7 Å². The van der Waals surface area contributed by atoms with Crippen LogP contribution in [0.15, 0.2) is 18.3 Å². The molecule has 2 saturated heterocycles. The highest BCUT2D eigenvalue weighted by atomic mass is 16.2.